The number of nitrogens with zero attached hydrogens (tertiary/aromatic N) is 6. The number of hydrogen-bond donors (Lipinski definition) is 0. The van der Waals surface area contributed by atoms with E-state index < -0.39 is 0 Å². The Kier molecular flexibility index (Phi) is 6.36. The lowest BCUT2D eigenvalue weighted by Crippen LogP contribution is -2.33. The zero-order valence-electron chi connectivity index (χ0n) is 22.5. The third-order valence-corrected chi connectivity index (χ3v) is 8.24. The molecule has 40 heavy (non-hydrogen) atoms. The van der Waals surface area contributed by atoms with Crippen molar-refractivity contribution in [3.63, 3.8) is 0 Å². The number of pyridine rings is 2. The van der Waals surface area contributed by atoms with E-state index in [0.29, 0.717) is 5.92 Å². The van der Waals surface area contributed by atoms with Crippen molar-refractivity contribution in [2.24, 2.45) is 0 Å². The summed E-state index contributed by atoms with van der Waals surface area (Å²) < 4.78 is 18.2. The lowest BCUT2D eigenvalue weighted by molar-refractivity contribution is 0.200. The van der Waals surface area contributed by atoms with Gasteiger partial charge in [-0.1, -0.05) is 24.3 Å². The van der Waals surface area contributed by atoms with Crippen LogP contribution in [0.4, 0.5) is 4.39 Å². The Bertz CT molecular complexity index is 1780. The molecule has 1 aliphatic rings. The molecule has 0 saturated carbocycles. The molecule has 0 spiro atoms. The number of fused-ring (bicyclic) bond motifs is 2. The third kappa shape index (κ3) is 4.46. The van der Waals surface area contributed by atoms with Crippen LogP contribution < -0.4 is 0 Å². The van der Waals surface area contributed by atoms with E-state index in [1.165, 1.54) is 17.1 Å². The van der Waals surface area contributed by atoms with Crippen LogP contribution in [0.15, 0.2) is 97.5 Å². The largest absolute Gasteiger partial charge is 0.319 e. The molecule has 0 bridgehead atoms. The molecule has 7 heteroatoms. The number of benzene rings is 2. The first kappa shape index (κ1) is 24.7. The van der Waals surface area contributed by atoms with E-state index in [-0.39, 0.29) is 11.9 Å². The van der Waals surface area contributed by atoms with Gasteiger partial charge in [-0.25, -0.2) is 14.4 Å². The maximum Gasteiger partial charge on any atom is 0.144 e. The third-order valence-electron chi connectivity index (χ3n) is 8.24. The number of imidazole rings is 1. The predicted molar refractivity (Wildman–Crippen MR) is 156 cm³/mol. The molecule has 5 heterocycles. The number of hydrogen-bond acceptors (Lipinski definition) is 4. The van der Waals surface area contributed by atoms with Crippen molar-refractivity contribution in [3.05, 3.63) is 120 Å². The highest BCUT2D eigenvalue weighted by Crippen LogP contribution is 2.34. The van der Waals surface area contributed by atoms with E-state index in [1.54, 1.807) is 12.1 Å². The molecule has 1 atom stereocenters. The van der Waals surface area contributed by atoms with Crippen molar-refractivity contribution in [1.29, 1.82) is 0 Å². The van der Waals surface area contributed by atoms with E-state index in [4.69, 9.17) is 4.98 Å². The maximum absolute atomic E-state index is 13.9. The second-order valence-electron chi connectivity index (χ2n) is 10.7. The minimum absolute atomic E-state index is 0.105. The van der Waals surface area contributed by atoms with Gasteiger partial charge >= 0.3 is 0 Å². The second kappa shape index (κ2) is 10.3. The van der Waals surface area contributed by atoms with Gasteiger partial charge < -0.3 is 9.13 Å². The van der Waals surface area contributed by atoms with Crippen LogP contribution in [0.25, 0.3) is 27.8 Å². The van der Waals surface area contributed by atoms with Gasteiger partial charge in [-0.2, -0.15) is 0 Å². The summed E-state index contributed by atoms with van der Waals surface area (Å²) >= 11 is 0. The fourth-order valence-electron chi connectivity index (χ4n) is 6.17. The lowest BCUT2D eigenvalue weighted by Gasteiger charge is -2.32. The molecule has 0 amide bonds. The lowest BCUT2D eigenvalue weighted by atomic mass is 9.95. The smallest absolute Gasteiger partial charge is 0.144 e. The number of likely N-dealkylation sites (tertiary alicyclic amines) is 1. The fraction of sp³-hybridized carbons (Fsp3) is 0.242. The van der Waals surface area contributed by atoms with E-state index in [9.17, 15) is 4.39 Å². The quantitative estimate of drug-likeness (QED) is 0.235. The summed E-state index contributed by atoms with van der Waals surface area (Å²) in [6.45, 7) is 5.08. The van der Waals surface area contributed by atoms with E-state index in [2.05, 4.69) is 74.9 Å². The highest BCUT2D eigenvalue weighted by Gasteiger charge is 2.28. The molecule has 0 aliphatic carbocycles. The average Bonchev–Trinajstić information content (AvgIpc) is 3.61. The molecular weight excluding hydrogens is 499 g/mol. The standard InChI is InChI=1S/C33H31FN6/c1-23(29-9-4-5-16-35-29)40-31-11-3-2-10-30(31)37-32(40)24-13-18-38(19-14-24)22-25-12-17-36-33-28(25)15-20-39(33)27-8-6-7-26(34)21-27/h2-12,15-17,20-21,23-24H,13-14,18-19,22H2,1H3. The van der Waals surface area contributed by atoms with Crippen LogP contribution in [0, 0.1) is 5.82 Å². The Hall–Kier alpha value is -4.36. The number of rotatable bonds is 6. The predicted octanol–water partition coefficient (Wildman–Crippen LogP) is 6.90. The minimum Gasteiger partial charge on any atom is -0.319 e. The van der Waals surface area contributed by atoms with Gasteiger partial charge in [0.05, 0.1) is 22.8 Å². The summed E-state index contributed by atoms with van der Waals surface area (Å²) in [5.74, 6) is 1.31. The SMILES string of the molecule is CC(c1ccccn1)n1c(C2CCN(Cc3ccnc4c3ccn4-c3cccc(F)c3)CC2)nc2ccccc21. The van der Waals surface area contributed by atoms with Crippen LogP contribution >= 0.6 is 0 Å². The van der Waals surface area contributed by atoms with Gasteiger partial charge in [0.25, 0.3) is 0 Å². The number of para-hydroxylation sites is 2. The van der Waals surface area contributed by atoms with Crippen molar-refractivity contribution in [3.8, 4) is 5.69 Å². The van der Waals surface area contributed by atoms with Gasteiger partial charge in [0.2, 0.25) is 0 Å². The molecule has 0 N–H and O–H groups in total. The molecule has 2 aromatic carbocycles. The van der Waals surface area contributed by atoms with Crippen molar-refractivity contribution in [2.75, 3.05) is 13.1 Å². The Balaban J connectivity index is 1.12. The van der Waals surface area contributed by atoms with Crippen molar-refractivity contribution in [1.82, 2.24) is 29.0 Å². The first-order chi connectivity index (χ1) is 19.7. The van der Waals surface area contributed by atoms with Crippen molar-refractivity contribution >= 4 is 22.1 Å². The monoisotopic (exact) mass is 530 g/mol. The van der Waals surface area contributed by atoms with Gasteiger partial charge in [0.1, 0.15) is 17.3 Å². The number of halogens is 1. The molecule has 6 nitrogen and oxygen atoms in total. The summed E-state index contributed by atoms with van der Waals surface area (Å²) in [6, 6.07) is 25.5. The summed E-state index contributed by atoms with van der Waals surface area (Å²) in [5.41, 5.74) is 6.15. The Labute approximate surface area is 232 Å². The zero-order chi connectivity index (χ0) is 27.1. The molecule has 6 aromatic rings. The van der Waals surface area contributed by atoms with Crippen LogP contribution in [0.5, 0.6) is 0 Å². The second-order valence-corrected chi connectivity index (χ2v) is 10.7. The highest BCUT2D eigenvalue weighted by atomic mass is 19.1. The van der Waals surface area contributed by atoms with E-state index in [0.717, 1.165) is 66.2 Å². The fourth-order valence-corrected chi connectivity index (χ4v) is 6.17. The van der Waals surface area contributed by atoms with Crippen LogP contribution in [0.2, 0.25) is 0 Å². The molecule has 200 valence electrons. The maximum atomic E-state index is 13.9. The average molecular weight is 531 g/mol. The molecule has 4 aromatic heterocycles. The molecular formula is C33H31FN6. The molecule has 1 fully saturated rings. The minimum atomic E-state index is -0.249. The normalized spacial score (nSPS) is 15.7. The molecule has 7 rings (SSSR count). The summed E-state index contributed by atoms with van der Waals surface area (Å²) in [4.78, 5) is 17.0. The molecule has 1 saturated heterocycles. The molecule has 1 aliphatic heterocycles. The molecule has 1 unspecified atom stereocenters. The zero-order valence-corrected chi connectivity index (χ0v) is 22.5. The highest BCUT2D eigenvalue weighted by molar-refractivity contribution is 5.81. The number of piperidine rings is 1. The van der Waals surface area contributed by atoms with Gasteiger partial charge in [0.15, 0.2) is 0 Å². The Morgan fingerprint density at radius 3 is 2.58 bits per heavy atom. The summed E-state index contributed by atoms with van der Waals surface area (Å²) in [5, 5.41) is 1.11. The van der Waals surface area contributed by atoms with Gasteiger partial charge in [0, 0.05) is 42.1 Å². The van der Waals surface area contributed by atoms with Crippen LogP contribution in [0.3, 0.4) is 0 Å². The van der Waals surface area contributed by atoms with Crippen molar-refractivity contribution in [2.45, 2.75) is 38.3 Å². The van der Waals surface area contributed by atoms with Crippen LogP contribution in [-0.4, -0.2) is 42.1 Å². The van der Waals surface area contributed by atoms with Crippen LogP contribution in [0.1, 0.15) is 48.8 Å². The summed E-state index contributed by atoms with van der Waals surface area (Å²) in [7, 11) is 0. The number of aromatic nitrogens is 5. The van der Waals surface area contributed by atoms with Gasteiger partial charge in [-0.05, 0) is 93.0 Å². The summed E-state index contributed by atoms with van der Waals surface area (Å²) in [6.07, 6.45) is 7.82. The Morgan fingerprint density at radius 1 is 0.900 bits per heavy atom. The van der Waals surface area contributed by atoms with E-state index in [1.807, 2.05) is 35.3 Å². The first-order valence-electron chi connectivity index (χ1n) is 14.0. The Morgan fingerprint density at radius 2 is 1.75 bits per heavy atom. The van der Waals surface area contributed by atoms with E-state index >= 15 is 0 Å². The topological polar surface area (TPSA) is 51.8 Å². The van der Waals surface area contributed by atoms with Gasteiger partial charge in [-0.15, -0.1) is 0 Å². The van der Waals surface area contributed by atoms with Crippen LogP contribution in [-0.2, 0) is 6.54 Å². The van der Waals surface area contributed by atoms with Crippen molar-refractivity contribution < 1.29 is 4.39 Å². The molecule has 0 radical (unpaired) electrons. The first-order valence-corrected chi connectivity index (χ1v) is 14.0. The van der Waals surface area contributed by atoms with Gasteiger partial charge in [-0.3, -0.25) is 9.88 Å².